The fourth-order valence-electron chi connectivity index (χ4n) is 2.40. The number of hydrogen-bond donors (Lipinski definition) is 1. The molecule has 0 aromatic rings. The second kappa shape index (κ2) is 3.11. The number of rotatable bonds is 3. The van der Waals surface area contributed by atoms with Crippen LogP contribution < -0.4 is 0 Å². The molecule has 2 aliphatic rings. The Morgan fingerprint density at radius 1 is 1.36 bits per heavy atom. The molecule has 64 valence electrons. The van der Waals surface area contributed by atoms with E-state index in [1.54, 1.807) is 0 Å². The minimum Gasteiger partial charge on any atom is -0.396 e. The predicted molar refractivity (Wildman–Crippen MR) is 42.3 cm³/mol. The molecule has 2 saturated heterocycles. The van der Waals surface area contributed by atoms with Crippen molar-refractivity contribution in [3.63, 3.8) is 0 Å². The van der Waals surface area contributed by atoms with Crippen LogP contribution >= 0.6 is 0 Å². The van der Waals surface area contributed by atoms with Gasteiger partial charge in [0.2, 0.25) is 0 Å². The van der Waals surface area contributed by atoms with Crippen LogP contribution in [0.4, 0.5) is 0 Å². The second-order valence-electron chi connectivity index (χ2n) is 3.74. The molecule has 2 bridgehead atoms. The third kappa shape index (κ3) is 1.42. The van der Waals surface area contributed by atoms with Crippen LogP contribution in [0, 0.1) is 5.92 Å². The highest BCUT2D eigenvalue weighted by Gasteiger charge is 2.39. The van der Waals surface area contributed by atoms with Gasteiger partial charge in [-0.1, -0.05) is 0 Å². The maximum absolute atomic E-state index is 8.66. The average molecular weight is 156 g/mol. The van der Waals surface area contributed by atoms with Gasteiger partial charge >= 0.3 is 0 Å². The molecule has 2 heterocycles. The van der Waals surface area contributed by atoms with Crippen molar-refractivity contribution in [3.05, 3.63) is 0 Å². The van der Waals surface area contributed by atoms with Crippen LogP contribution in [-0.2, 0) is 4.74 Å². The van der Waals surface area contributed by atoms with E-state index in [4.69, 9.17) is 9.84 Å². The molecule has 11 heavy (non-hydrogen) atoms. The van der Waals surface area contributed by atoms with Crippen molar-refractivity contribution in [2.45, 2.75) is 44.3 Å². The Morgan fingerprint density at radius 2 is 2.27 bits per heavy atom. The molecule has 2 rings (SSSR count). The summed E-state index contributed by atoms with van der Waals surface area (Å²) in [6, 6.07) is 0. The van der Waals surface area contributed by atoms with E-state index in [9.17, 15) is 0 Å². The molecule has 3 atom stereocenters. The standard InChI is InChI=1S/C9H16O2/c10-5-1-2-7-6-8-3-4-9(7)11-8/h7-10H,1-6H2. The monoisotopic (exact) mass is 156 g/mol. The van der Waals surface area contributed by atoms with Crippen LogP contribution in [0.15, 0.2) is 0 Å². The number of ether oxygens (including phenoxy) is 1. The van der Waals surface area contributed by atoms with Gasteiger partial charge in [-0.3, -0.25) is 0 Å². The quantitative estimate of drug-likeness (QED) is 0.668. The van der Waals surface area contributed by atoms with Crippen molar-refractivity contribution in [1.82, 2.24) is 0 Å². The van der Waals surface area contributed by atoms with Crippen molar-refractivity contribution in [2.24, 2.45) is 5.92 Å². The predicted octanol–water partition coefficient (Wildman–Crippen LogP) is 1.33. The molecule has 3 unspecified atom stereocenters. The average Bonchev–Trinajstić information content (AvgIpc) is 2.60. The molecule has 0 amide bonds. The maximum Gasteiger partial charge on any atom is 0.0609 e. The van der Waals surface area contributed by atoms with Crippen LogP contribution in [0.25, 0.3) is 0 Å². The SMILES string of the molecule is OCCCC1CC2CCC1O2. The lowest BCUT2D eigenvalue weighted by Gasteiger charge is -2.17. The Labute approximate surface area is 67.6 Å². The van der Waals surface area contributed by atoms with Crippen LogP contribution in [0.3, 0.4) is 0 Å². The smallest absolute Gasteiger partial charge is 0.0609 e. The van der Waals surface area contributed by atoms with Gasteiger partial charge in [0.05, 0.1) is 12.2 Å². The van der Waals surface area contributed by atoms with E-state index < -0.39 is 0 Å². The van der Waals surface area contributed by atoms with E-state index in [-0.39, 0.29) is 0 Å². The molecule has 2 nitrogen and oxygen atoms in total. The first-order valence-electron chi connectivity index (χ1n) is 4.66. The van der Waals surface area contributed by atoms with E-state index in [2.05, 4.69) is 0 Å². The lowest BCUT2D eigenvalue weighted by molar-refractivity contribution is 0.0900. The molecule has 0 radical (unpaired) electrons. The lowest BCUT2D eigenvalue weighted by atomic mass is 9.86. The van der Waals surface area contributed by atoms with E-state index in [1.807, 2.05) is 0 Å². The van der Waals surface area contributed by atoms with Crippen molar-refractivity contribution in [3.8, 4) is 0 Å². The van der Waals surface area contributed by atoms with Crippen molar-refractivity contribution < 1.29 is 9.84 Å². The fourth-order valence-corrected chi connectivity index (χ4v) is 2.40. The summed E-state index contributed by atoms with van der Waals surface area (Å²) in [6.07, 6.45) is 7.04. The first-order valence-corrected chi connectivity index (χ1v) is 4.66. The zero-order chi connectivity index (χ0) is 7.68. The third-order valence-corrected chi connectivity index (χ3v) is 2.96. The Hall–Kier alpha value is -0.0800. The molecular weight excluding hydrogens is 140 g/mol. The lowest BCUT2D eigenvalue weighted by Crippen LogP contribution is -2.16. The van der Waals surface area contributed by atoms with Gasteiger partial charge in [0.25, 0.3) is 0 Å². The molecule has 2 heteroatoms. The largest absolute Gasteiger partial charge is 0.396 e. The normalized spacial score (nSPS) is 41.7. The summed E-state index contributed by atoms with van der Waals surface area (Å²) in [5.41, 5.74) is 0. The Bertz CT molecular complexity index is 136. The third-order valence-electron chi connectivity index (χ3n) is 2.96. The molecule has 2 aliphatic heterocycles. The fraction of sp³-hybridized carbons (Fsp3) is 1.00. The van der Waals surface area contributed by atoms with Gasteiger partial charge in [-0.2, -0.15) is 0 Å². The molecule has 0 aromatic heterocycles. The number of aliphatic hydroxyl groups excluding tert-OH is 1. The molecule has 2 fully saturated rings. The Kier molecular flexibility index (Phi) is 2.14. The van der Waals surface area contributed by atoms with Gasteiger partial charge < -0.3 is 9.84 Å². The van der Waals surface area contributed by atoms with Gasteiger partial charge in [0.15, 0.2) is 0 Å². The summed E-state index contributed by atoms with van der Waals surface area (Å²) in [6.45, 7) is 0.341. The van der Waals surface area contributed by atoms with E-state index in [0.29, 0.717) is 18.8 Å². The maximum atomic E-state index is 8.66. The van der Waals surface area contributed by atoms with Gasteiger partial charge in [-0.25, -0.2) is 0 Å². The summed E-state index contributed by atoms with van der Waals surface area (Å²) < 4.78 is 5.70. The first kappa shape index (κ1) is 7.56. The van der Waals surface area contributed by atoms with E-state index in [0.717, 1.165) is 18.8 Å². The Balaban J connectivity index is 1.78. The van der Waals surface area contributed by atoms with Crippen molar-refractivity contribution >= 4 is 0 Å². The Morgan fingerprint density at radius 3 is 2.82 bits per heavy atom. The summed E-state index contributed by atoms with van der Waals surface area (Å²) in [7, 11) is 0. The summed E-state index contributed by atoms with van der Waals surface area (Å²) in [4.78, 5) is 0. The van der Waals surface area contributed by atoms with Crippen LogP contribution in [0.5, 0.6) is 0 Å². The second-order valence-corrected chi connectivity index (χ2v) is 3.74. The molecule has 0 aliphatic carbocycles. The van der Waals surface area contributed by atoms with E-state index >= 15 is 0 Å². The highest BCUT2D eigenvalue weighted by atomic mass is 16.5. The summed E-state index contributed by atoms with van der Waals surface area (Å²) >= 11 is 0. The van der Waals surface area contributed by atoms with Crippen LogP contribution in [-0.4, -0.2) is 23.9 Å². The molecule has 0 spiro atoms. The number of aliphatic hydroxyl groups is 1. The van der Waals surface area contributed by atoms with Gasteiger partial charge in [0.1, 0.15) is 0 Å². The van der Waals surface area contributed by atoms with Gasteiger partial charge in [-0.15, -0.1) is 0 Å². The zero-order valence-electron chi connectivity index (χ0n) is 6.83. The topological polar surface area (TPSA) is 29.5 Å². The number of hydrogen-bond acceptors (Lipinski definition) is 2. The molecule has 0 aromatic carbocycles. The first-order chi connectivity index (χ1) is 5.40. The van der Waals surface area contributed by atoms with Gasteiger partial charge in [-0.05, 0) is 38.0 Å². The van der Waals surface area contributed by atoms with Crippen LogP contribution in [0.1, 0.15) is 32.1 Å². The number of fused-ring (bicyclic) bond motifs is 2. The minimum absolute atomic E-state index is 0.341. The van der Waals surface area contributed by atoms with Crippen molar-refractivity contribution in [1.29, 1.82) is 0 Å². The molecule has 0 saturated carbocycles. The van der Waals surface area contributed by atoms with Gasteiger partial charge in [0, 0.05) is 6.61 Å². The highest BCUT2D eigenvalue weighted by molar-refractivity contribution is 4.88. The molecular formula is C9H16O2. The zero-order valence-corrected chi connectivity index (χ0v) is 6.83. The van der Waals surface area contributed by atoms with E-state index in [1.165, 1.54) is 19.3 Å². The van der Waals surface area contributed by atoms with Crippen LogP contribution in [0.2, 0.25) is 0 Å². The minimum atomic E-state index is 0.341. The highest BCUT2D eigenvalue weighted by Crippen LogP contribution is 2.40. The molecule has 1 N–H and O–H groups in total. The van der Waals surface area contributed by atoms with Crippen molar-refractivity contribution in [2.75, 3.05) is 6.61 Å². The summed E-state index contributed by atoms with van der Waals surface area (Å²) in [5.74, 6) is 0.765. The summed E-state index contributed by atoms with van der Waals surface area (Å²) in [5, 5.41) is 8.66.